The van der Waals surface area contributed by atoms with Gasteiger partial charge >= 0.3 is 11.9 Å². The molecule has 0 amide bonds. The van der Waals surface area contributed by atoms with Crippen LogP contribution >= 0.6 is 0 Å². The van der Waals surface area contributed by atoms with Crippen LogP contribution in [0.5, 0.6) is 0 Å². The Morgan fingerprint density at radius 1 is 1.53 bits per heavy atom. The van der Waals surface area contributed by atoms with Gasteiger partial charge < -0.3 is 14.6 Å². The molecule has 0 aliphatic carbocycles. The van der Waals surface area contributed by atoms with Crippen molar-refractivity contribution in [3.8, 4) is 0 Å². The Morgan fingerprint density at radius 2 is 2.33 bits per heavy atom. The van der Waals surface area contributed by atoms with Gasteiger partial charge in [-0.25, -0.2) is 0 Å². The van der Waals surface area contributed by atoms with Crippen LogP contribution in [0.3, 0.4) is 0 Å². The first-order valence-corrected chi connectivity index (χ1v) is 5.19. The van der Waals surface area contributed by atoms with Crippen LogP contribution in [0.25, 0.3) is 0 Å². The second-order valence-electron chi connectivity index (χ2n) is 4.60. The lowest BCUT2D eigenvalue weighted by Crippen LogP contribution is -2.49. The van der Waals surface area contributed by atoms with Gasteiger partial charge in [-0.1, -0.05) is 0 Å². The number of fused-ring (bicyclic) bond motifs is 1. The Labute approximate surface area is 86.4 Å². The zero-order valence-corrected chi connectivity index (χ0v) is 8.14. The van der Waals surface area contributed by atoms with Crippen LogP contribution in [-0.4, -0.2) is 35.4 Å². The van der Waals surface area contributed by atoms with Gasteiger partial charge in [-0.2, -0.15) is 0 Å². The second kappa shape index (κ2) is 2.72. The van der Waals surface area contributed by atoms with Crippen molar-refractivity contribution in [1.29, 1.82) is 0 Å². The molecule has 0 radical (unpaired) electrons. The molecule has 0 aromatic carbocycles. The van der Waals surface area contributed by atoms with Crippen LogP contribution in [0.2, 0.25) is 0 Å². The topological polar surface area (TPSA) is 72.8 Å². The lowest BCUT2D eigenvalue weighted by molar-refractivity contribution is -0.167. The van der Waals surface area contributed by atoms with E-state index in [0.29, 0.717) is 0 Å². The van der Waals surface area contributed by atoms with Crippen molar-refractivity contribution in [1.82, 2.24) is 0 Å². The van der Waals surface area contributed by atoms with E-state index in [4.69, 9.17) is 14.6 Å². The van der Waals surface area contributed by atoms with Gasteiger partial charge in [-0.05, 0) is 12.8 Å². The van der Waals surface area contributed by atoms with E-state index < -0.39 is 17.5 Å². The summed E-state index contributed by atoms with van der Waals surface area (Å²) in [5.41, 5.74) is -0.484. The SMILES string of the molecule is O=C1C[C@H]2[C@H](C(=O)O)[C@H]3CC[C@]2(CO1)O3. The highest BCUT2D eigenvalue weighted by atomic mass is 16.6. The Bertz CT molecular complexity index is 339. The highest BCUT2D eigenvalue weighted by Crippen LogP contribution is 2.54. The highest BCUT2D eigenvalue weighted by molar-refractivity contribution is 5.76. The van der Waals surface area contributed by atoms with Crippen molar-refractivity contribution in [2.45, 2.75) is 31.0 Å². The number of carbonyl (C=O) groups is 2. The summed E-state index contributed by atoms with van der Waals surface area (Å²) in [6, 6.07) is 0. The number of ether oxygens (including phenoxy) is 2. The summed E-state index contributed by atoms with van der Waals surface area (Å²) in [5, 5.41) is 9.13. The molecule has 0 aromatic rings. The number of hydrogen-bond acceptors (Lipinski definition) is 4. The lowest BCUT2D eigenvalue weighted by atomic mass is 9.69. The Hall–Kier alpha value is -1.10. The lowest BCUT2D eigenvalue weighted by Gasteiger charge is -2.37. The maximum atomic E-state index is 11.2. The van der Waals surface area contributed by atoms with Gasteiger partial charge in [0.05, 0.1) is 18.4 Å². The minimum absolute atomic E-state index is 0.185. The standard InChI is InChI=1S/C10H12O5/c11-7-3-5-8(9(12)13)6-1-2-10(5,15-6)4-14-7/h5-6,8H,1-4H2,(H,12,13)/t5-,6+,8-,10+/m0/s1. The number of cyclic esters (lactones) is 1. The maximum absolute atomic E-state index is 11.2. The molecule has 5 nitrogen and oxygen atoms in total. The first kappa shape index (κ1) is 9.15. The molecular formula is C10H12O5. The third kappa shape index (κ3) is 1.07. The van der Waals surface area contributed by atoms with E-state index in [9.17, 15) is 9.59 Å². The van der Waals surface area contributed by atoms with E-state index in [1.165, 1.54) is 0 Å². The van der Waals surface area contributed by atoms with Crippen LogP contribution in [0.4, 0.5) is 0 Å². The van der Waals surface area contributed by atoms with E-state index in [-0.39, 0.29) is 31.0 Å². The number of hydrogen-bond donors (Lipinski definition) is 1. The minimum Gasteiger partial charge on any atom is -0.481 e. The Morgan fingerprint density at radius 3 is 3.07 bits per heavy atom. The van der Waals surface area contributed by atoms with Gasteiger partial charge in [0.15, 0.2) is 0 Å². The van der Waals surface area contributed by atoms with E-state index in [2.05, 4.69) is 0 Å². The molecule has 0 aromatic heterocycles. The minimum atomic E-state index is -0.846. The number of esters is 1. The summed E-state index contributed by atoms with van der Waals surface area (Å²) < 4.78 is 10.7. The van der Waals surface area contributed by atoms with Crippen molar-refractivity contribution in [2.24, 2.45) is 11.8 Å². The van der Waals surface area contributed by atoms with E-state index in [1.54, 1.807) is 0 Å². The Kier molecular flexibility index (Phi) is 1.66. The molecule has 4 atom stereocenters. The van der Waals surface area contributed by atoms with Crippen molar-refractivity contribution < 1.29 is 24.2 Å². The number of carboxylic acids is 1. The molecule has 82 valence electrons. The first-order chi connectivity index (χ1) is 7.12. The first-order valence-electron chi connectivity index (χ1n) is 5.19. The van der Waals surface area contributed by atoms with Gasteiger partial charge in [0, 0.05) is 5.92 Å². The molecule has 0 unspecified atom stereocenters. The molecule has 3 aliphatic heterocycles. The molecule has 1 N–H and O–H groups in total. The van der Waals surface area contributed by atoms with E-state index >= 15 is 0 Å². The van der Waals surface area contributed by atoms with E-state index in [0.717, 1.165) is 12.8 Å². The van der Waals surface area contributed by atoms with Gasteiger partial charge in [-0.15, -0.1) is 0 Å². The van der Waals surface area contributed by atoms with Crippen LogP contribution in [0.15, 0.2) is 0 Å². The molecule has 3 heterocycles. The van der Waals surface area contributed by atoms with Crippen molar-refractivity contribution in [2.75, 3.05) is 6.61 Å². The summed E-state index contributed by atoms with van der Waals surface area (Å²) in [5.74, 6) is -1.85. The number of aliphatic carboxylic acids is 1. The summed E-state index contributed by atoms with van der Waals surface area (Å²) in [6.45, 7) is 0.233. The largest absolute Gasteiger partial charge is 0.481 e. The molecule has 3 aliphatic rings. The van der Waals surface area contributed by atoms with Crippen molar-refractivity contribution >= 4 is 11.9 Å². The number of rotatable bonds is 1. The third-order valence-electron chi connectivity index (χ3n) is 3.90. The second-order valence-corrected chi connectivity index (χ2v) is 4.60. The summed E-state index contributed by atoms with van der Waals surface area (Å²) >= 11 is 0. The average molecular weight is 212 g/mol. The van der Waals surface area contributed by atoms with Gasteiger partial charge in [0.2, 0.25) is 0 Å². The zero-order valence-electron chi connectivity index (χ0n) is 8.14. The van der Waals surface area contributed by atoms with Crippen molar-refractivity contribution in [3.63, 3.8) is 0 Å². The molecule has 3 fully saturated rings. The Balaban J connectivity index is 1.95. The molecule has 3 saturated heterocycles. The predicted molar refractivity (Wildman–Crippen MR) is 47.0 cm³/mol. The monoisotopic (exact) mass is 212 g/mol. The number of carboxylic acid groups (broad SMARTS) is 1. The predicted octanol–water partition coefficient (Wildman–Crippen LogP) is 0.182. The molecule has 15 heavy (non-hydrogen) atoms. The van der Waals surface area contributed by atoms with Crippen molar-refractivity contribution in [3.05, 3.63) is 0 Å². The fraction of sp³-hybridized carbons (Fsp3) is 0.800. The fourth-order valence-electron chi connectivity index (χ4n) is 3.22. The van der Waals surface area contributed by atoms with Crippen LogP contribution in [0, 0.1) is 11.8 Å². The van der Waals surface area contributed by atoms with E-state index in [1.807, 2.05) is 0 Å². The molecule has 5 heteroatoms. The van der Waals surface area contributed by atoms with Gasteiger partial charge in [0.25, 0.3) is 0 Å². The van der Waals surface area contributed by atoms with Crippen LogP contribution < -0.4 is 0 Å². The third-order valence-corrected chi connectivity index (χ3v) is 3.90. The highest BCUT2D eigenvalue weighted by Gasteiger charge is 2.64. The molecular weight excluding hydrogens is 200 g/mol. The maximum Gasteiger partial charge on any atom is 0.309 e. The zero-order chi connectivity index (χ0) is 10.6. The normalized spacial score (nSPS) is 47.5. The molecule has 3 rings (SSSR count). The fourth-order valence-corrected chi connectivity index (χ4v) is 3.22. The number of carbonyl (C=O) groups excluding carboxylic acids is 1. The smallest absolute Gasteiger partial charge is 0.309 e. The average Bonchev–Trinajstić information content (AvgIpc) is 2.70. The quantitative estimate of drug-likeness (QED) is 0.628. The van der Waals surface area contributed by atoms with Gasteiger partial charge in [-0.3, -0.25) is 9.59 Å². The molecule has 0 saturated carbocycles. The summed E-state index contributed by atoms with van der Waals surface area (Å²) in [4.78, 5) is 22.3. The summed E-state index contributed by atoms with van der Waals surface area (Å²) in [7, 11) is 0. The van der Waals surface area contributed by atoms with Crippen LogP contribution in [0.1, 0.15) is 19.3 Å². The molecule has 1 spiro atoms. The van der Waals surface area contributed by atoms with Crippen LogP contribution in [-0.2, 0) is 19.1 Å². The molecule has 2 bridgehead atoms. The summed E-state index contributed by atoms with van der Waals surface area (Å²) in [6.07, 6.45) is 1.56. The van der Waals surface area contributed by atoms with Gasteiger partial charge in [0.1, 0.15) is 12.2 Å².